The number of hydrogen-bond acceptors (Lipinski definition) is 4. The third-order valence-electron chi connectivity index (χ3n) is 4.63. The maximum absolute atomic E-state index is 12.8. The molecule has 1 unspecified atom stereocenters. The summed E-state index contributed by atoms with van der Waals surface area (Å²) in [6.07, 6.45) is 5.27. The van der Waals surface area contributed by atoms with Crippen LogP contribution in [-0.4, -0.2) is 39.2 Å². The molecule has 1 aromatic heterocycles. The van der Waals surface area contributed by atoms with Crippen LogP contribution in [0.15, 0.2) is 49.1 Å². The summed E-state index contributed by atoms with van der Waals surface area (Å²) in [5, 5.41) is 12.4. The second-order valence-electron chi connectivity index (χ2n) is 6.39. The van der Waals surface area contributed by atoms with Gasteiger partial charge in [-0.1, -0.05) is 30.3 Å². The molecule has 25 heavy (non-hydrogen) atoms. The van der Waals surface area contributed by atoms with Gasteiger partial charge in [0.2, 0.25) is 0 Å². The molecule has 0 spiro atoms. The van der Waals surface area contributed by atoms with E-state index in [1.807, 2.05) is 10.8 Å². The highest BCUT2D eigenvalue weighted by Gasteiger charge is 2.42. The monoisotopic (exact) mass is 343 g/mol. The molecular formula is C18H21N3O4. The molecular weight excluding hydrogens is 322 g/mol. The Morgan fingerprint density at radius 1 is 1.40 bits per heavy atom. The van der Waals surface area contributed by atoms with Gasteiger partial charge < -0.3 is 19.7 Å². The number of carbonyl (C=O) groups is 2. The van der Waals surface area contributed by atoms with Crippen molar-refractivity contribution < 1.29 is 19.4 Å². The van der Waals surface area contributed by atoms with E-state index in [2.05, 4.69) is 10.3 Å². The first-order chi connectivity index (χ1) is 12.0. The number of benzene rings is 1. The van der Waals surface area contributed by atoms with Gasteiger partial charge in [-0.05, 0) is 18.9 Å². The Morgan fingerprint density at radius 2 is 2.16 bits per heavy atom. The van der Waals surface area contributed by atoms with Crippen molar-refractivity contribution in [1.29, 1.82) is 0 Å². The van der Waals surface area contributed by atoms with Crippen LogP contribution >= 0.6 is 0 Å². The average molecular weight is 343 g/mol. The van der Waals surface area contributed by atoms with Gasteiger partial charge in [-0.25, -0.2) is 9.78 Å². The fourth-order valence-electron chi connectivity index (χ4n) is 3.11. The Morgan fingerprint density at radius 3 is 2.80 bits per heavy atom. The van der Waals surface area contributed by atoms with Gasteiger partial charge in [-0.2, -0.15) is 0 Å². The van der Waals surface area contributed by atoms with E-state index in [0.717, 1.165) is 6.42 Å². The van der Waals surface area contributed by atoms with Crippen LogP contribution in [0.25, 0.3) is 0 Å². The Bertz CT molecular complexity index is 732. The zero-order valence-corrected chi connectivity index (χ0v) is 14.0. The molecule has 7 nitrogen and oxygen atoms in total. The minimum Gasteiger partial charge on any atom is -0.479 e. The van der Waals surface area contributed by atoms with E-state index in [1.54, 1.807) is 42.9 Å². The lowest BCUT2D eigenvalue weighted by Crippen LogP contribution is -2.53. The van der Waals surface area contributed by atoms with Gasteiger partial charge in [0.25, 0.3) is 5.91 Å². The predicted octanol–water partition coefficient (Wildman–Crippen LogP) is 1.40. The number of rotatable bonds is 6. The summed E-state index contributed by atoms with van der Waals surface area (Å²) in [5.74, 6) is -1.55. The number of hydrogen-bond donors (Lipinski definition) is 2. The third kappa shape index (κ3) is 3.56. The second-order valence-corrected chi connectivity index (χ2v) is 6.39. The van der Waals surface area contributed by atoms with Crippen molar-refractivity contribution in [3.05, 3.63) is 54.6 Å². The van der Waals surface area contributed by atoms with Gasteiger partial charge in [0.05, 0.1) is 6.33 Å². The minimum atomic E-state index is -1.51. The first-order valence-electron chi connectivity index (χ1n) is 8.19. The Labute approximate surface area is 145 Å². The zero-order valence-electron chi connectivity index (χ0n) is 14.0. The molecule has 3 atom stereocenters. The van der Waals surface area contributed by atoms with E-state index in [1.165, 1.54) is 6.92 Å². The number of carboxylic acid groups (broad SMARTS) is 1. The molecule has 7 heteroatoms. The van der Waals surface area contributed by atoms with E-state index in [4.69, 9.17) is 4.74 Å². The molecule has 2 heterocycles. The van der Waals surface area contributed by atoms with E-state index in [0.29, 0.717) is 18.7 Å². The summed E-state index contributed by atoms with van der Waals surface area (Å²) in [4.78, 5) is 28.6. The second kappa shape index (κ2) is 7.06. The number of imidazole rings is 1. The average Bonchev–Trinajstić information content (AvgIpc) is 3.27. The molecule has 0 saturated carbocycles. The molecule has 0 bridgehead atoms. The van der Waals surface area contributed by atoms with Gasteiger partial charge in [0.15, 0.2) is 5.54 Å². The van der Waals surface area contributed by atoms with Crippen LogP contribution < -0.4 is 5.32 Å². The number of aliphatic carboxylic acids is 1. The molecule has 0 radical (unpaired) electrons. The van der Waals surface area contributed by atoms with Crippen molar-refractivity contribution >= 4 is 11.9 Å². The molecule has 1 saturated heterocycles. The van der Waals surface area contributed by atoms with Crippen LogP contribution in [0.2, 0.25) is 0 Å². The molecule has 1 amide bonds. The molecule has 2 aromatic rings. The van der Waals surface area contributed by atoms with Gasteiger partial charge >= 0.3 is 5.97 Å². The topological polar surface area (TPSA) is 93.5 Å². The predicted molar refractivity (Wildman–Crippen MR) is 89.6 cm³/mol. The number of nitrogens with zero attached hydrogens (tertiary/aromatic N) is 2. The van der Waals surface area contributed by atoms with Gasteiger partial charge in [0, 0.05) is 31.5 Å². The smallest absolute Gasteiger partial charge is 0.333 e. The minimum absolute atomic E-state index is 0.0250. The first-order valence-corrected chi connectivity index (χ1v) is 8.19. The van der Waals surface area contributed by atoms with Crippen molar-refractivity contribution in [2.45, 2.75) is 31.5 Å². The summed E-state index contributed by atoms with van der Waals surface area (Å²) >= 11 is 0. The number of carbonyl (C=O) groups excluding carboxylic acids is 1. The largest absolute Gasteiger partial charge is 0.479 e. The first kappa shape index (κ1) is 17.2. The van der Waals surface area contributed by atoms with Crippen LogP contribution in [0.4, 0.5) is 0 Å². The lowest BCUT2D eigenvalue weighted by Gasteiger charge is -2.29. The number of amides is 1. The molecule has 2 N–H and O–H groups in total. The normalized spacial score (nSPS) is 22.3. The van der Waals surface area contributed by atoms with E-state index in [-0.39, 0.29) is 5.92 Å². The molecule has 1 aromatic carbocycles. The number of ether oxygens (including phenoxy) is 1. The van der Waals surface area contributed by atoms with Crippen LogP contribution in [0.1, 0.15) is 18.9 Å². The van der Waals surface area contributed by atoms with Crippen molar-refractivity contribution in [3.8, 4) is 0 Å². The van der Waals surface area contributed by atoms with Crippen LogP contribution in [0.3, 0.4) is 0 Å². The van der Waals surface area contributed by atoms with Crippen LogP contribution in [0, 0.1) is 5.92 Å². The van der Waals surface area contributed by atoms with Crippen molar-refractivity contribution in [1.82, 2.24) is 14.9 Å². The lowest BCUT2D eigenvalue weighted by molar-refractivity contribution is -0.149. The lowest BCUT2D eigenvalue weighted by atomic mass is 9.91. The molecule has 1 aliphatic rings. The molecule has 132 valence electrons. The summed E-state index contributed by atoms with van der Waals surface area (Å²) in [7, 11) is 0. The van der Waals surface area contributed by atoms with Crippen molar-refractivity contribution in [3.63, 3.8) is 0 Å². The Hall–Kier alpha value is -2.67. The summed E-state index contributed by atoms with van der Waals surface area (Å²) in [6, 6.07) is 8.67. The molecule has 3 rings (SSSR count). The molecule has 0 aliphatic carbocycles. The highest BCUT2D eigenvalue weighted by atomic mass is 16.5. The highest BCUT2D eigenvalue weighted by Crippen LogP contribution is 2.26. The van der Waals surface area contributed by atoms with Gasteiger partial charge in [0.1, 0.15) is 6.10 Å². The van der Waals surface area contributed by atoms with E-state index < -0.39 is 23.5 Å². The van der Waals surface area contributed by atoms with E-state index in [9.17, 15) is 14.7 Å². The number of aromatic nitrogens is 2. The zero-order chi connectivity index (χ0) is 17.9. The van der Waals surface area contributed by atoms with Gasteiger partial charge in [-0.3, -0.25) is 4.79 Å². The fourth-order valence-corrected chi connectivity index (χ4v) is 3.11. The summed E-state index contributed by atoms with van der Waals surface area (Å²) in [5.41, 5.74) is -0.996. The number of nitrogens with one attached hydrogen (secondary N) is 1. The Balaban J connectivity index is 1.76. The number of carboxylic acids is 1. The maximum Gasteiger partial charge on any atom is 0.333 e. The fraction of sp³-hybridized carbons (Fsp3) is 0.389. The SMILES string of the molecule is CC(NC(=O)[C@@H]1OCC[C@@H]1Cn1ccnc1)(C(=O)O)c1ccccc1. The van der Waals surface area contributed by atoms with Crippen molar-refractivity contribution in [2.24, 2.45) is 5.92 Å². The quantitative estimate of drug-likeness (QED) is 0.827. The van der Waals surface area contributed by atoms with Crippen LogP contribution in [-0.2, 0) is 26.4 Å². The highest BCUT2D eigenvalue weighted by molar-refractivity contribution is 5.90. The van der Waals surface area contributed by atoms with E-state index >= 15 is 0 Å². The molecule has 1 aliphatic heterocycles. The maximum atomic E-state index is 12.8. The van der Waals surface area contributed by atoms with Gasteiger partial charge in [-0.15, -0.1) is 0 Å². The molecule has 1 fully saturated rings. The summed E-state index contributed by atoms with van der Waals surface area (Å²) in [6.45, 7) is 2.57. The van der Waals surface area contributed by atoms with Crippen molar-refractivity contribution in [2.75, 3.05) is 6.61 Å². The summed E-state index contributed by atoms with van der Waals surface area (Å²) < 4.78 is 7.49. The Kier molecular flexibility index (Phi) is 4.85. The standard InChI is InChI=1S/C18H21N3O4/c1-18(17(23)24,14-5-3-2-4-6-14)20-16(22)15-13(7-10-25-15)11-21-9-8-19-12-21/h2-6,8-9,12-13,15H,7,10-11H2,1H3,(H,20,22)(H,23,24)/t13-,15-,18?/m1/s1. The van der Waals surface area contributed by atoms with Crippen LogP contribution in [0.5, 0.6) is 0 Å². The third-order valence-corrected chi connectivity index (χ3v) is 4.63.